The molecule has 0 bridgehead atoms. The minimum atomic E-state index is -3.57. The molecule has 0 saturated carbocycles. The van der Waals surface area contributed by atoms with Gasteiger partial charge in [-0.25, -0.2) is 16.8 Å². The first-order valence-corrected chi connectivity index (χ1v) is 8.40. The smallest absolute Gasteiger partial charge is 0.293 e. The van der Waals surface area contributed by atoms with Crippen LogP contribution in [0, 0.1) is 0 Å². The molecule has 0 fully saturated rings. The van der Waals surface area contributed by atoms with Crippen LogP contribution in [0.4, 0.5) is 0 Å². The molecule has 18 heavy (non-hydrogen) atoms. The summed E-state index contributed by atoms with van der Waals surface area (Å²) in [5.74, 6) is -0.343. The molecular weight excluding hydrogens is 280 g/mol. The average molecular weight is 292 g/mol. The van der Waals surface area contributed by atoms with Crippen LogP contribution >= 0.6 is 0 Å². The van der Waals surface area contributed by atoms with Gasteiger partial charge in [-0.15, -0.1) is 0 Å². The average Bonchev–Trinajstić information content (AvgIpc) is 2.28. The number of sulfone groups is 2. The zero-order valence-corrected chi connectivity index (χ0v) is 11.2. The van der Waals surface area contributed by atoms with E-state index < -0.39 is 19.7 Å². The van der Waals surface area contributed by atoms with E-state index in [1.165, 1.54) is 24.3 Å². The second-order valence-corrected chi connectivity index (χ2v) is 7.65. The molecule has 0 unspecified atom stereocenters. The molecule has 0 spiro atoms. The maximum absolute atomic E-state index is 11.7. The Morgan fingerprint density at radius 2 is 1.56 bits per heavy atom. The fourth-order valence-electron chi connectivity index (χ4n) is 1.22. The van der Waals surface area contributed by atoms with Crippen molar-refractivity contribution in [1.29, 1.82) is 0 Å². The predicted octanol–water partition coefficient (Wildman–Crippen LogP) is 0.0368. The van der Waals surface area contributed by atoms with Gasteiger partial charge < -0.3 is 4.74 Å². The summed E-state index contributed by atoms with van der Waals surface area (Å²) in [6.45, 7) is -0.0675. The summed E-state index contributed by atoms with van der Waals surface area (Å²) in [4.78, 5) is 9.94. The second kappa shape index (κ2) is 5.49. The van der Waals surface area contributed by atoms with Crippen molar-refractivity contribution in [3.05, 3.63) is 24.3 Å². The van der Waals surface area contributed by atoms with Gasteiger partial charge in [0.15, 0.2) is 19.7 Å². The highest BCUT2D eigenvalue weighted by Crippen LogP contribution is 2.15. The van der Waals surface area contributed by atoms with E-state index in [2.05, 4.69) is 4.74 Å². The predicted molar refractivity (Wildman–Crippen MR) is 63.6 cm³/mol. The first-order chi connectivity index (χ1) is 8.27. The van der Waals surface area contributed by atoms with Crippen molar-refractivity contribution >= 4 is 26.1 Å². The van der Waals surface area contributed by atoms with Crippen molar-refractivity contribution in [2.45, 2.75) is 9.79 Å². The Hall–Kier alpha value is -1.41. The van der Waals surface area contributed by atoms with Crippen molar-refractivity contribution in [2.24, 2.45) is 0 Å². The molecule has 1 aromatic rings. The van der Waals surface area contributed by atoms with Crippen LogP contribution in [-0.4, -0.2) is 41.9 Å². The number of ether oxygens (including phenoxy) is 1. The SMILES string of the molecule is CS(=O)(=O)c1ccc(S(=O)(=O)CCOC=O)cc1. The van der Waals surface area contributed by atoms with Gasteiger partial charge in [0.05, 0.1) is 15.5 Å². The lowest BCUT2D eigenvalue weighted by molar-refractivity contribution is -0.128. The molecule has 0 aliphatic rings. The number of carbonyl (C=O) groups excluding carboxylic acids is 1. The standard InChI is InChI=1S/C10H12O6S2/c1-17(12,13)9-2-4-10(5-3-9)18(14,15)7-6-16-8-11/h2-5,8H,6-7H2,1H3. The number of rotatable bonds is 6. The molecule has 8 heteroatoms. The molecule has 100 valence electrons. The quantitative estimate of drug-likeness (QED) is 0.542. The van der Waals surface area contributed by atoms with Crippen LogP contribution in [0.3, 0.4) is 0 Å². The van der Waals surface area contributed by atoms with E-state index in [1.54, 1.807) is 0 Å². The molecule has 0 saturated heterocycles. The number of benzene rings is 1. The van der Waals surface area contributed by atoms with Gasteiger partial charge in [-0.05, 0) is 24.3 Å². The summed E-state index contributed by atoms with van der Waals surface area (Å²) in [5, 5.41) is 0. The zero-order valence-electron chi connectivity index (χ0n) is 9.57. The topological polar surface area (TPSA) is 94.6 Å². The van der Waals surface area contributed by atoms with Gasteiger partial charge in [-0.2, -0.15) is 0 Å². The maximum Gasteiger partial charge on any atom is 0.293 e. The van der Waals surface area contributed by atoms with Crippen molar-refractivity contribution < 1.29 is 26.4 Å². The fourth-order valence-corrected chi connectivity index (χ4v) is 2.95. The van der Waals surface area contributed by atoms with E-state index in [4.69, 9.17) is 0 Å². The minimum absolute atomic E-state index is 0.00982. The molecule has 0 atom stereocenters. The lowest BCUT2D eigenvalue weighted by Gasteiger charge is -2.04. The van der Waals surface area contributed by atoms with Crippen molar-refractivity contribution in [1.82, 2.24) is 0 Å². The Labute approximate surface area is 105 Å². The molecule has 0 aliphatic carbocycles. The lowest BCUT2D eigenvalue weighted by Crippen LogP contribution is -2.12. The van der Waals surface area contributed by atoms with Crippen molar-refractivity contribution in [3.63, 3.8) is 0 Å². The van der Waals surface area contributed by atoms with Gasteiger partial charge in [-0.3, -0.25) is 4.79 Å². The molecular formula is C10H12O6S2. The van der Waals surface area contributed by atoms with Gasteiger partial charge >= 0.3 is 0 Å². The number of hydrogen-bond acceptors (Lipinski definition) is 6. The van der Waals surface area contributed by atoms with Gasteiger partial charge in [-0.1, -0.05) is 0 Å². The summed E-state index contributed by atoms with van der Waals surface area (Å²) >= 11 is 0. The highest BCUT2D eigenvalue weighted by atomic mass is 32.2. The van der Waals surface area contributed by atoms with Crippen LogP contribution in [0.25, 0.3) is 0 Å². The third-order valence-corrected chi connectivity index (χ3v) is 4.97. The molecule has 1 aromatic carbocycles. The summed E-state index contributed by atoms with van der Waals surface area (Å²) in [7, 11) is -6.93. The minimum Gasteiger partial charge on any atom is -0.467 e. The highest BCUT2D eigenvalue weighted by Gasteiger charge is 2.15. The number of carbonyl (C=O) groups is 1. The van der Waals surface area contributed by atoms with Gasteiger partial charge in [0.1, 0.15) is 6.61 Å². The Kier molecular flexibility index (Phi) is 4.47. The van der Waals surface area contributed by atoms with Crippen LogP contribution in [0.5, 0.6) is 0 Å². The third-order valence-electron chi connectivity index (χ3n) is 2.15. The summed E-state index contributed by atoms with van der Waals surface area (Å²) in [5.41, 5.74) is 0. The van der Waals surface area contributed by atoms with Crippen LogP contribution in [-0.2, 0) is 29.2 Å². The second-order valence-electron chi connectivity index (χ2n) is 3.53. The van der Waals surface area contributed by atoms with Crippen molar-refractivity contribution in [2.75, 3.05) is 18.6 Å². The number of hydrogen-bond donors (Lipinski definition) is 0. The molecule has 0 N–H and O–H groups in total. The van der Waals surface area contributed by atoms with Crippen LogP contribution in [0.2, 0.25) is 0 Å². The zero-order chi connectivity index (χ0) is 13.8. The molecule has 0 aromatic heterocycles. The van der Waals surface area contributed by atoms with E-state index in [-0.39, 0.29) is 28.6 Å². The van der Waals surface area contributed by atoms with E-state index in [9.17, 15) is 21.6 Å². The van der Waals surface area contributed by atoms with E-state index in [0.717, 1.165) is 6.26 Å². The van der Waals surface area contributed by atoms with E-state index in [0.29, 0.717) is 0 Å². The first-order valence-electron chi connectivity index (χ1n) is 4.85. The molecule has 0 aliphatic heterocycles. The molecule has 6 nitrogen and oxygen atoms in total. The van der Waals surface area contributed by atoms with Crippen LogP contribution in [0.15, 0.2) is 34.1 Å². The van der Waals surface area contributed by atoms with Gasteiger partial charge in [0, 0.05) is 6.26 Å². The fraction of sp³-hybridized carbons (Fsp3) is 0.300. The Balaban J connectivity index is 2.95. The Morgan fingerprint density at radius 1 is 1.06 bits per heavy atom. The van der Waals surface area contributed by atoms with Crippen LogP contribution in [0.1, 0.15) is 0 Å². The largest absolute Gasteiger partial charge is 0.467 e. The van der Waals surface area contributed by atoms with Gasteiger partial charge in [0.2, 0.25) is 0 Å². The van der Waals surface area contributed by atoms with E-state index in [1.807, 2.05) is 0 Å². The molecule has 0 amide bonds. The first kappa shape index (κ1) is 14.7. The Morgan fingerprint density at radius 3 is 2.00 bits per heavy atom. The Bertz CT molecular complexity index is 613. The molecule has 0 heterocycles. The van der Waals surface area contributed by atoms with Gasteiger partial charge in [0.25, 0.3) is 6.47 Å². The third kappa shape index (κ3) is 3.81. The normalized spacial score (nSPS) is 12.1. The lowest BCUT2D eigenvalue weighted by atomic mass is 10.4. The molecule has 1 rings (SSSR count). The summed E-state index contributed by atoms with van der Waals surface area (Å²) in [6.07, 6.45) is 1.04. The van der Waals surface area contributed by atoms with Crippen LogP contribution < -0.4 is 0 Å². The summed E-state index contributed by atoms with van der Waals surface area (Å²) < 4.78 is 50.2. The highest BCUT2D eigenvalue weighted by molar-refractivity contribution is 7.91. The monoisotopic (exact) mass is 292 g/mol. The van der Waals surface area contributed by atoms with E-state index >= 15 is 0 Å². The molecule has 0 radical (unpaired) electrons. The maximum atomic E-state index is 11.7. The van der Waals surface area contributed by atoms with Crippen molar-refractivity contribution in [3.8, 4) is 0 Å². The summed E-state index contributed by atoms with van der Waals surface area (Å²) in [6, 6.07) is 4.88.